The summed E-state index contributed by atoms with van der Waals surface area (Å²) in [5.41, 5.74) is 2.51. The zero-order valence-electron chi connectivity index (χ0n) is 8.92. The van der Waals surface area contributed by atoms with E-state index in [1.807, 2.05) is 11.7 Å². The van der Waals surface area contributed by atoms with Crippen molar-refractivity contribution in [2.45, 2.75) is 33.2 Å². The number of thiazole rings is 1. The zero-order chi connectivity index (χ0) is 10.0. The van der Waals surface area contributed by atoms with Crippen molar-refractivity contribution in [3.05, 3.63) is 16.6 Å². The van der Waals surface area contributed by atoms with Gasteiger partial charge in [0.1, 0.15) is 0 Å². The molecule has 14 heavy (non-hydrogen) atoms. The van der Waals surface area contributed by atoms with Crippen LogP contribution in [0.4, 0.5) is 0 Å². The largest absolute Gasteiger partial charge is 0.311 e. The molecule has 0 unspecified atom stereocenters. The molecule has 1 saturated carbocycles. The molecule has 1 aromatic rings. The SMILES string of the molecule is CC(C)C1(CNCc2cncs2)CC1. The summed E-state index contributed by atoms with van der Waals surface area (Å²) in [6.45, 7) is 6.82. The number of nitrogens with one attached hydrogen (secondary N) is 1. The van der Waals surface area contributed by atoms with Crippen LogP contribution in [0.5, 0.6) is 0 Å². The Morgan fingerprint density at radius 2 is 2.36 bits per heavy atom. The molecule has 1 N–H and O–H groups in total. The van der Waals surface area contributed by atoms with Gasteiger partial charge >= 0.3 is 0 Å². The van der Waals surface area contributed by atoms with Crippen LogP contribution in [0.2, 0.25) is 0 Å². The van der Waals surface area contributed by atoms with Crippen LogP contribution in [-0.2, 0) is 6.54 Å². The highest BCUT2D eigenvalue weighted by atomic mass is 32.1. The highest BCUT2D eigenvalue weighted by Crippen LogP contribution is 2.51. The van der Waals surface area contributed by atoms with Crippen LogP contribution in [-0.4, -0.2) is 11.5 Å². The van der Waals surface area contributed by atoms with Gasteiger partial charge in [-0.05, 0) is 24.2 Å². The van der Waals surface area contributed by atoms with Gasteiger partial charge in [-0.25, -0.2) is 0 Å². The quantitative estimate of drug-likeness (QED) is 0.808. The molecule has 3 heteroatoms. The Balaban J connectivity index is 1.73. The Morgan fingerprint density at radius 3 is 2.86 bits per heavy atom. The average molecular weight is 210 g/mol. The number of hydrogen-bond acceptors (Lipinski definition) is 3. The molecule has 0 atom stereocenters. The van der Waals surface area contributed by atoms with E-state index in [1.165, 1.54) is 24.3 Å². The summed E-state index contributed by atoms with van der Waals surface area (Å²) >= 11 is 1.73. The summed E-state index contributed by atoms with van der Waals surface area (Å²) in [5, 5.41) is 3.54. The smallest absolute Gasteiger partial charge is 0.0794 e. The summed E-state index contributed by atoms with van der Waals surface area (Å²) in [6, 6.07) is 0. The van der Waals surface area contributed by atoms with E-state index in [0.717, 1.165) is 12.5 Å². The fourth-order valence-electron chi connectivity index (χ4n) is 1.88. The Kier molecular flexibility index (Phi) is 2.88. The lowest BCUT2D eigenvalue weighted by atomic mass is 9.92. The molecule has 0 amide bonds. The lowest BCUT2D eigenvalue weighted by molar-refractivity contribution is 0.338. The molecule has 1 fully saturated rings. The summed E-state index contributed by atoms with van der Waals surface area (Å²) in [4.78, 5) is 5.40. The van der Waals surface area contributed by atoms with Crippen molar-refractivity contribution >= 4 is 11.3 Å². The number of hydrogen-bond donors (Lipinski definition) is 1. The van der Waals surface area contributed by atoms with E-state index in [1.54, 1.807) is 11.3 Å². The van der Waals surface area contributed by atoms with E-state index >= 15 is 0 Å². The molecule has 2 nitrogen and oxygen atoms in total. The van der Waals surface area contributed by atoms with Crippen LogP contribution in [0.3, 0.4) is 0 Å². The van der Waals surface area contributed by atoms with Gasteiger partial charge in [0.25, 0.3) is 0 Å². The minimum atomic E-state index is 0.616. The third-order valence-electron chi connectivity index (χ3n) is 3.38. The van der Waals surface area contributed by atoms with E-state index in [9.17, 15) is 0 Å². The summed E-state index contributed by atoms with van der Waals surface area (Å²) < 4.78 is 0. The van der Waals surface area contributed by atoms with Crippen molar-refractivity contribution in [1.29, 1.82) is 0 Å². The van der Waals surface area contributed by atoms with E-state index in [4.69, 9.17) is 0 Å². The van der Waals surface area contributed by atoms with E-state index in [2.05, 4.69) is 24.1 Å². The third-order valence-corrected chi connectivity index (χ3v) is 4.16. The first-order valence-corrected chi connectivity index (χ1v) is 6.19. The summed E-state index contributed by atoms with van der Waals surface area (Å²) in [6.07, 6.45) is 4.76. The minimum Gasteiger partial charge on any atom is -0.311 e. The van der Waals surface area contributed by atoms with Gasteiger partial charge in [-0.1, -0.05) is 13.8 Å². The lowest BCUT2D eigenvalue weighted by Gasteiger charge is -2.19. The monoisotopic (exact) mass is 210 g/mol. The Hall–Kier alpha value is -0.410. The van der Waals surface area contributed by atoms with Gasteiger partial charge in [0.15, 0.2) is 0 Å². The zero-order valence-corrected chi connectivity index (χ0v) is 9.73. The number of rotatable bonds is 5. The van der Waals surface area contributed by atoms with Gasteiger partial charge in [-0.15, -0.1) is 11.3 Å². The van der Waals surface area contributed by atoms with Crippen molar-refractivity contribution in [2.75, 3.05) is 6.54 Å². The summed E-state index contributed by atoms with van der Waals surface area (Å²) in [5.74, 6) is 0.816. The van der Waals surface area contributed by atoms with E-state index in [0.29, 0.717) is 5.41 Å². The molecule has 78 valence electrons. The molecule has 1 heterocycles. The maximum atomic E-state index is 4.07. The Bertz CT molecular complexity index is 275. The highest BCUT2D eigenvalue weighted by Gasteiger charge is 2.44. The second-order valence-corrected chi connectivity index (χ2v) is 5.56. The molecular formula is C11H18N2S. The van der Waals surface area contributed by atoms with Crippen LogP contribution in [0.25, 0.3) is 0 Å². The van der Waals surface area contributed by atoms with Crippen molar-refractivity contribution in [1.82, 2.24) is 10.3 Å². The van der Waals surface area contributed by atoms with Crippen LogP contribution >= 0.6 is 11.3 Å². The van der Waals surface area contributed by atoms with Gasteiger partial charge < -0.3 is 5.32 Å². The Labute approximate surface area is 89.8 Å². The van der Waals surface area contributed by atoms with Crippen LogP contribution in [0, 0.1) is 11.3 Å². The van der Waals surface area contributed by atoms with Crippen molar-refractivity contribution in [3.8, 4) is 0 Å². The Morgan fingerprint density at radius 1 is 1.57 bits per heavy atom. The molecule has 1 aromatic heterocycles. The van der Waals surface area contributed by atoms with Crippen LogP contribution in [0.1, 0.15) is 31.6 Å². The fourth-order valence-corrected chi connectivity index (χ4v) is 2.45. The van der Waals surface area contributed by atoms with Crippen molar-refractivity contribution in [3.63, 3.8) is 0 Å². The normalized spacial score (nSPS) is 18.8. The molecule has 1 aliphatic carbocycles. The first kappa shape index (κ1) is 10.1. The second-order valence-electron chi connectivity index (χ2n) is 4.59. The molecular weight excluding hydrogens is 192 g/mol. The van der Waals surface area contributed by atoms with Gasteiger partial charge in [0, 0.05) is 24.2 Å². The van der Waals surface area contributed by atoms with Crippen molar-refractivity contribution < 1.29 is 0 Å². The highest BCUT2D eigenvalue weighted by molar-refractivity contribution is 7.09. The maximum Gasteiger partial charge on any atom is 0.0794 e. The van der Waals surface area contributed by atoms with Gasteiger partial charge in [-0.3, -0.25) is 4.98 Å². The summed E-state index contributed by atoms with van der Waals surface area (Å²) in [7, 11) is 0. The van der Waals surface area contributed by atoms with Crippen LogP contribution < -0.4 is 5.32 Å². The van der Waals surface area contributed by atoms with E-state index < -0.39 is 0 Å². The van der Waals surface area contributed by atoms with Gasteiger partial charge in [0.05, 0.1) is 5.51 Å². The first-order chi connectivity index (χ1) is 6.73. The van der Waals surface area contributed by atoms with E-state index in [-0.39, 0.29) is 0 Å². The molecule has 0 aliphatic heterocycles. The number of aromatic nitrogens is 1. The average Bonchev–Trinajstić information content (AvgIpc) is 2.76. The molecule has 0 spiro atoms. The molecule has 1 aliphatic rings. The third kappa shape index (κ3) is 2.15. The first-order valence-electron chi connectivity index (χ1n) is 5.31. The fraction of sp³-hybridized carbons (Fsp3) is 0.727. The topological polar surface area (TPSA) is 24.9 Å². The van der Waals surface area contributed by atoms with Gasteiger partial charge in [-0.2, -0.15) is 0 Å². The minimum absolute atomic E-state index is 0.616. The van der Waals surface area contributed by atoms with Gasteiger partial charge in [0.2, 0.25) is 0 Å². The molecule has 0 aromatic carbocycles. The predicted octanol–water partition coefficient (Wildman–Crippen LogP) is 2.67. The lowest BCUT2D eigenvalue weighted by Crippen LogP contribution is -2.26. The number of nitrogens with zero attached hydrogens (tertiary/aromatic N) is 1. The molecule has 0 radical (unpaired) electrons. The van der Waals surface area contributed by atoms with Crippen LogP contribution in [0.15, 0.2) is 11.7 Å². The molecule has 2 rings (SSSR count). The van der Waals surface area contributed by atoms with Crippen molar-refractivity contribution in [2.24, 2.45) is 11.3 Å². The molecule has 0 saturated heterocycles. The standard InChI is InChI=1S/C11H18N2S/c1-9(2)11(3-4-11)7-12-5-10-6-13-8-14-10/h6,8-9,12H,3-5,7H2,1-2H3. The second kappa shape index (κ2) is 3.99. The maximum absolute atomic E-state index is 4.07. The predicted molar refractivity (Wildman–Crippen MR) is 60.3 cm³/mol. The molecule has 0 bridgehead atoms.